The van der Waals surface area contributed by atoms with Crippen molar-refractivity contribution in [2.24, 2.45) is 0 Å². The van der Waals surface area contributed by atoms with Gasteiger partial charge in [0.15, 0.2) is 0 Å². The quantitative estimate of drug-likeness (QED) is 0.765. The van der Waals surface area contributed by atoms with Gasteiger partial charge in [0, 0.05) is 7.11 Å². The van der Waals surface area contributed by atoms with Gasteiger partial charge in [-0.25, -0.2) is 0 Å². The second-order valence-corrected chi connectivity index (χ2v) is 14.4. The first-order valence-corrected chi connectivity index (χ1v) is 13.2. The van der Waals surface area contributed by atoms with Crippen molar-refractivity contribution in [1.29, 1.82) is 0 Å². The molecule has 14 heavy (non-hydrogen) atoms. The standard InChI is InChI=1S/C6H15Ge.C4H10Ge.CH4O/c1-4-7(5-2)6-3;1-3-5-4-2;1-2/h4-6H2,1-3H3;3-4H2,1-2H3;2H,1H3. The topological polar surface area (TPSA) is 20.2 Å². The molecule has 0 amide bonds. The van der Waals surface area contributed by atoms with Crippen molar-refractivity contribution in [3.8, 4) is 0 Å². The molecule has 0 rings (SSSR count). The number of hydrogen-bond donors (Lipinski definition) is 1. The minimum atomic E-state index is -0.403. The van der Waals surface area contributed by atoms with Gasteiger partial charge in [-0.05, 0) is 0 Å². The van der Waals surface area contributed by atoms with E-state index in [0.717, 1.165) is 7.11 Å². The molecule has 0 aliphatic rings. The first-order chi connectivity index (χ1) is 6.76. The zero-order chi connectivity index (χ0) is 11.8. The monoisotopic (exact) mass is 325 g/mol. The summed E-state index contributed by atoms with van der Waals surface area (Å²) >= 11 is 0.125. The fourth-order valence-corrected chi connectivity index (χ4v) is 5.20. The number of hydrogen-bond acceptors (Lipinski definition) is 1. The van der Waals surface area contributed by atoms with Gasteiger partial charge in [-0.1, -0.05) is 0 Å². The average molecular weight is 323 g/mol. The third-order valence-electron chi connectivity index (χ3n) is 2.00. The van der Waals surface area contributed by atoms with Gasteiger partial charge >= 0.3 is 90.7 Å². The summed E-state index contributed by atoms with van der Waals surface area (Å²) in [6.45, 7) is 11.5. The molecule has 0 atom stereocenters. The van der Waals surface area contributed by atoms with Gasteiger partial charge in [0.2, 0.25) is 0 Å². The molecule has 0 aromatic heterocycles. The summed E-state index contributed by atoms with van der Waals surface area (Å²) in [5, 5.41) is 14.5. The van der Waals surface area contributed by atoms with Crippen LogP contribution in [0.15, 0.2) is 0 Å². The molecule has 3 heteroatoms. The Kier molecular flexibility index (Phi) is 34.6. The molecule has 3 radical (unpaired) electrons. The molecule has 87 valence electrons. The SMILES string of the molecule is CO.C[CH2][Ge]([CH2]C)[CH2]C.C[CH2][Ge][CH2]C. The third kappa shape index (κ3) is 23.1. The number of rotatable bonds is 5. The van der Waals surface area contributed by atoms with Gasteiger partial charge in [-0.15, -0.1) is 0 Å². The van der Waals surface area contributed by atoms with E-state index in [2.05, 4.69) is 34.6 Å². The fraction of sp³-hybridized carbons (Fsp3) is 1.00. The summed E-state index contributed by atoms with van der Waals surface area (Å²) < 4.78 is 0. The van der Waals surface area contributed by atoms with Crippen molar-refractivity contribution in [1.82, 2.24) is 0 Å². The fourth-order valence-electron chi connectivity index (χ4n) is 1.000. The van der Waals surface area contributed by atoms with Crippen LogP contribution in [0.25, 0.3) is 0 Å². The summed E-state index contributed by atoms with van der Waals surface area (Å²) in [6.07, 6.45) is 0. The molecule has 0 bridgehead atoms. The van der Waals surface area contributed by atoms with Crippen molar-refractivity contribution in [3.05, 3.63) is 0 Å². The molecule has 0 aliphatic heterocycles. The molecule has 1 N–H and O–H groups in total. The first-order valence-electron chi connectivity index (χ1n) is 5.75. The van der Waals surface area contributed by atoms with E-state index in [9.17, 15) is 0 Å². The Labute approximate surface area is 103 Å². The van der Waals surface area contributed by atoms with E-state index in [4.69, 9.17) is 5.11 Å². The van der Waals surface area contributed by atoms with E-state index in [-0.39, 0.29) is 0 Å². The van der Waals surface area contributed by atoms with Crippen LogP contribution < -0.4 is 0 Å². The third-order valence-corrected chi connectivity index (χ3v) is 10.4. The van der Waals surface area contributed by atoms with Crippen molar-refractivity contribution in [3.63, 3.8) is 0 Å². The van der Waals surface area contributed by atoms with Crippen LogP contribution in [0.1, 0.15) is 34.6 Å². The summed E-state index contributed by atoms with van der Waals surface area (Å²) in [5.41, 5.74) is 0. The Balaban J connectivity index is -0.000000152. The van der Waals surface area contributed by atoms with Crippen LogP contribution in [0.4, 0.5) is 0 Å². The molecule has 1 nitrogen and oxygen atoms in total. The molecule has 0 aliphatic carbocycles. The number of aliphatic hydroxyl groups is 1. The van der Waals surface area contributed by atoms with Crippen molar-refractivity contribution in [2.75, 3.05) is 7.11 Å². The summed E-state index contributed by atoms with van der Waals surface area (Å²) in [5.74, 6) is 0. The zero-order valence-corrected chi connectivity index (χ0v) is 15.2. The Morgan fingerprint density at radius 2 is 1.07 bits per heavy atom. The normalized spacial score (nSPS) is 8.57. The summed E-state index contributed by atoms with van der Waals surface area (Å²) in [4.78, 5) is 0. The summed E-state index contributed by atoms with van der Waals surface area (Å²) in [6, 6.07) is 0. The van der Waals surface area contributed by atoms with Crippen LogP contribution in [0.3, 0.4) is 0 Å². The number of aliphatic hydroxyl groups excluding tert-OH is 1. The summed E-state index contributed by atoms with van der Waals surface area (Å²) in [7, 11) is 1.00. The van der Waals surface area contributed by atoms with Crippen LogP contribution in [0.2, 0.25) is 26.3 Å². The molecular weight excluding hydrogens is 293 g/mol. The van der Waals surface area contributed by atoms with E-state index >= 15 is 0 Å². The van der Waals surface area contributed by atoms with Crippen LogP contribution in [0, 0.1) is 0 Å². The van der Waals surface area contributed by atoms with E-state index in [1.54, 1.807) is 0 Å². The molecular formula is C11H29Ge2O. The van der Waals surface area contributed by atoms with Gasteiger partial charge in [-0.3, -0.25) is 0 Å². The molecule has 0 saturated carbocycles. The van der Waals surface area contributed by atoms with E-state index in [1.165, 1.54) is 26.3 Å². The molecule has 0 aromatic rings. The molecule has 0 aromatic carbocycles. The maximum atomic E-state index is 7.00. The Morgan fingerprint density at radius 1 is 0.786 bits per heavy atom. The molecule has 0 saturated heterocycles. The van der Waals surface area contributed by atoms with Crippen LogP contribution in [0.5, 0.6) is 0 Å². The van der Waals surface area contributed by atoms with E-state index in [0.29, 0.717) is 15.4 Å². The van der Waals surface area contributed by atoms with Gasteiger partial charge in [-0.2, -0.15) is 0 Å². The van der Waals surface area contributed by atoms with E-state index < -0.39 is 14.3 Å². The molecule has 0 heterocycles. The van der Waals surface area contributed by atoms with Crippen LogP contribution in [-0.2, 0) is 0 Å². The predicted molar refractivity (Wildman–Crippen MR) is 72.1 cm³/mol. The minimum absolute atomic E-state index is 0.403. The predicted octanol–water partition coefficient (Wildman–Crippen LogP) is 3.72. The van der Waals surface area contributed by atoms with Gasteiger partial charge in [0.25, 0.3) is 0 Å². The average Bonchev–Trinajstić information content (AvgIpc) is 2.25. The second kappa shape index (κ2) is 23.7. The van der Waals surface area contributed by atoms with Crippen molar-refractivity contribution >= 4 is 29.8 Å². The first kappa shape index (κ1) is 20.5. The van der Waals surface area contributed by atoms with Gasteiger partial charge in [0.1, 0.15) is 0 Å². The van der Waals surface area contributed by atoms with Crippen LogP contribution in [-0.4, -0.2) is 42.0 Å². The molecule has 0 spiro atoms. The Hall–Kier alpha value is 1.05. The second-order valence-electron chi connectivity index (χ2n) is 2.77. The van der Waals surface area contributed by atoms with Gasteiger partial charge < -0.3 is 5.11 Å². The Morgan fingerprint density at radius 3 is 1.07 bits per heavy atom. The van der Waals surface area contributed by atoms with Crippen LogP contribution >= 0.6 is 0 Å². The van der Waals surface area contributed by atoms with Crippen molar-refractivity contribution < 1.29 is 5.11 Å². The maximum absolute atomic E-state index is 7.00. The molecule has 0 unspecified atom stereocenters. The molecule has 0 fully saturated rings. The Bertz CT molecular complexity index is 58.8. The van der Waals surface area contributed by atoms with Crippen molar-refractivity contribution in [2.45, 2.75) is 60.9 Å². The zero-order valence-electron chi connectivity index (χ0n) is 11.0. The van der Waals surface area contributed by atoms with E-state index in [1.807, 2.05) is 0 Å². The van der Waals surface area contributed by atoms with Gasteiger partial charge in [0.05, 0.1) is 0 Å².